The predicted molar refractivity (Wildman–Crippen MR) is 100 cm³/mol. The van der Waals surface area contributed by atoms with Crippen molar-refractivity contribution in [3.63, 3.8) is 0 Å². The molecule has 0 unspecified atom stereocenters. The van der Waals surface area contributed by atoms with Gasteiger partial charge in [-0.3, -0.25) is 9.78 Å². The van der Waals surface area contributed by atoms with Gasteiger partial charge in [0.2, 0.25) is 0 Å². The van der Waals surface area contributed by atoms with Gasteiger partial charge in [-0.2, -0.15) is 0 Å². The molecule has 0 spiro atoms. The molecule has 0 aromatic carbocycles. The van der Waals surface area contributed by atoms with Crippen LogP contribution < -0.4 is 5.43 Å². The molecule has 4 heteroatoms. The lowest BCUT2D eigenvalue weighted by atomic mass is 9.85. The minimum Gasteiger partial charge on any atom is -0.335 e. The number of nitrogens with zero attached hydrogens (tertiary/aromatic N) is 3. The number of aromatic nitrogens is 3. The van der Waals surface area contributed by atoms with E-state index in [9.17, 15) is 4.79 Å². The number of rotatable bonds is 2. The van der Waals surface area contributed by atoms with Gasteiger partial charge in [0.1, 0.15) is 5.82 Å². The molecule has 0 fully saturated rings. The Morgan fingerprint density at radius 2 is 2.08 bits per heavy atom. The van der Waals surface area contributed by atoms with Crippen LogP contribution in [0.1, 0.15) is 37.4 Å². The maximum atomic E-state index is 12.6. The van der Waals surface area contributed by atoms with Gasteiger partial charge in [0.25, 0.3) is 0 Å². The quantitative estimate of drug-likeness (QED) is 0.716. The summed E-state index contributed by atoms with van der Waals surface area (Å²) >= 11 is 0. The second-order valence-electron chi connectivity index (χ2n) is 7.49. The first-order valence-corrected chi connectivity index (χ1v) is 8.63. The third-order valence-corrected chi connectivity index (χ3v) is 4.77. The summed E-state index contributed by atoms with van der Waals surface area (Å²) in [6.07, 6.45) is 9.63. The Bertz CT molecular complexity index is 970. The van der Waals surface area contributed by atoms with Crippen LogP contribution in [-0.2, 0) is 13.0 Å². The standard InChI is InChI=1S/C21H21N3O/c1-21(2)9-8-20-23-18-11-15(6-7-16-5-3-4-10-22-16)12-19(25)17(18)13-24(20)14-21/h3-7,10-13H,8-9,14H2,1-2H3. The molecule has 1 aliphatic carbocycles. The van der Waals surface area contributed by atoms with Crippen molar-refractivity contribution in [1.29, 1.82) is 0 Å². The lowest BCUT2D eigenvalue weighted by Crippen LogP contribution is -2.30. The van der Waals surface area contributed by atoms with Crippen molar-refractivity contribution in [2.24, 2.45) is 5.41 Å². The second kappa shape index (κ2) is 5.96. The van der Waals surface area contributed by atoms with Gasteiger partial charge in [0.05, 0.1) is 17.0 Å². The van der Waals surface area contributed by atoms with Crippen molar-refractivity contribution in [2.45, 2.75) is 33.2 Å². The molecule has 0 saturated carbocycles. The Kier molecular flexibility index (Phi) is 3.75. The molecule has 0 amide bonds. The van der Waals surface area contributed by atoms with Gasteiger partial charge < -0.3 is 4.57 Å². The zero-order valence-electron chi connectivity index (χ0n) is 14.6. The van der Waals surface area contributed by atoms with Gasteiger partial charge in [-0.15, -0.1) is 0 Å². The lowest BCUT2D eigenvalue weighted by Gasteiger charge is -2.33. The number of aryl methyl sites for hydroxylation is 1. The molecule has 0 bridgehead atoms. The first-order valence-electron chi connectivity index (χ1n) is 8.63. The summed E-state index contributed by atoms with van der Waals surface area (Å²) in [5.41, 5.74) is 3.46. The summed E-state index contributed by atoms with van der Waals surface area (Å²) in [6.45, 7) is 5.43. The minimum absolute atomic E-state index is 0.0179. The molecular formula is C21H21N3O. The van der Waals surface area contributed by atoms with Crippen LogP contribution in [0.15, 0.2) is 47.5 Å². The van der Waals surface area contributed by atoms with Gasteiger partial charge in [0, 0.05) is 25.4 Å². The highest BCUT2D eigenvalue weighted by molar-refractivity contribution is 5.72. The SMILES string of the molecule is CC1(C)CCc2nc3cc(C=Cc4ccccn4)cc(=O)c-3cn2C1. The maximum Gasteiger partial charge on any atom is 0.190 e. The molecule has 3 heterocycles. The summed E-state index contributed by atoms with van der Waals surface area (Å²) < 4.78 is 2.15. The Labute approximate surface area is 147 Å². The summed E-state index contributed by atoms with van der Waals surface area (Å²) in [4.78, 5) is 21.6. The molecule has 25 heavy (non-hydrogen) atoms. The van der Waals surface area contributed by atoms with Crippen molar-refractivity contribution in [3.05, 3.63) is 70.0 Å². The van der Waals surface area contributed by atoms with Gasteiger partial charge >= 0.3 is 0 Å². The fraction of sp³-hybridized carbons (Fsp3) is 0.286. The first-order chi connectivity index (χ1) is 12.0. The zero-order valence-corrected chi connectivity index (χ0v) is 14.6. The van der Waals surface area contributed by atoms with Crippen molar-refractivity contribution in [2.75, 3.05) is 0 Å². The van der Waals surface area contributed by atoms with Gasteiger partial charge in [0.15, 0.2) is 5.43 Å². The summed E-state index contributed by atoms with van der Waals surface area (Å²) in [7, 11) is 0. The molecule has 126 valence electrons. The molecule has 1 aromatic rings. The highest BCUT2D eigenvalue weighted by Crippen LogP contribution is 2.31. The van der Waals surface area contributed by atoms with E-state index in [1.807, 2.05) is 42.6 Å². The van der Waals surface area contributed by atoms with E-state index in [2.05, 4.69) is 23.4 Å². The van der Waals surface area contributed by atoms with E-state index in [0.29, 0.717) is 5.56 Å². The third-order valence-electron chi connectivity index (χ3n) is 4.77. The van der Waals surface area contributed by atoms with E-state index in [1.165, 1.54) is 0 Å². The molecule has 0 N–H and O–H groups in total. The number of benzene rings is 1. The van der Waals surface area contributed by atoms with Gasteiger partial charge in [-0.1, -0.05) is 26.0 Å². The summed E-state index contributed by atoms with van der Waals surface area (Å²) in [5, 5.41) is 0. The first kappa shape index (κ1) is 15.8. The van der Waals surface area contributed by atoms with E-state index in [-0.39, 0.29) is 10.8 Å². The largest absolute Gasteiger partial charge is 0.335 e. The molecule has 4 nitrogen and oxygen atoms in total. The van der Waals surface area contributed by atoms with E-state index < -0.39 is 0 Å². The monoisotopic (exact) mass is 331 g/mol. The maximum absolute atomic E-state index is 12.6. The Balaban J connectivity index is 1.74. The fourth-order valence-corrected chi connectivity index (χ4v) is 3.37. The number of pyridine rings is 1. The van der Waals surface area contributed by atoms with Crippen LogP contribution in [0.3, 0.4) is 0 Å². The van der Waals surface area contributed by atoms with Crippen LogP contribution in [0.25, 0.3) is 23.4 Å². The van der Waals surface area contributed by atoms with Crippen molar-refractivity contribution >= 4 is 12.2 Å². The topological polar surface area (TPSA) is 47.8 Å². The summed E-state index contributed by atoms with van der Waals surface area (Å²) in [6, 6.07) is 9.41. The Morgan fingerprint density at radius 3 is 2.88 bits per heavy atom. The Morgan fingerprint density at radius 1 is 1.20 bits per heavy atom. The van der Waals surface area contributed by atoms with Crippen LogP contribution in [0, 0.1) is 5.41 Å². The van der Waals surface area contributed by atoms with E-state index >= 15 is 0 Å². The average molecular weight is 331 g/mol. The molecular weight excluding hydrogens is 310 g/mol. The van der Waals surface area contributed by atoms with Crippen LogP contribution in [-0.4, -0.2) is 14.5 Å². The minimum atomic E-state index is 0.0179. The summed E-state index contributed by atoms with van der Waals surface area (Å²) in [5.74, 6) is 1.07. The van der Waals surface area contributed by atoms with Crippen molar-refractivity contribution in [1.82, 2.24) is 14.5 Å². The molecule has 0 saturated heterocycles. The smallest absolute Gasteiger partial charge is 0.190 e. The lowest BCUT2D eigenvalue weighted by molar-refractivity contribution is 0.243. The highest BCUT2D eigenvalue weighted by atomic mass is 16.1. The van der Waals surface area contributed by atoms with Gasteiger partial charge in [-0.05, 0) is 47.7 Å². The second-order valence-corrected chi connectivity index (χ2v) is 7.49. The number of hydrogen-bond acceptors (Lipinski definition) is 3. The number of fused-ring (bicyclic) bond motifs is 2. The van der Waals surface area contributed by atoms with Crippen LogP contribution in [0.2, 0.25) is 0 Å². The Hall–Kier alpha value is -2.75. The third kappa shape index (κ3) is 3.25. The molecule has 1 aromatic heterocycles. The number of hydrogen-bond donors (Lipinski definition) is 0. The van der Waals surface area contributed by atoms with E-state index in [1.54, 1.807) is 12.3 Å². The molecule has 0 radical (unpaired) electrons. The van der Waals surface area contributed by atoms with Crippen LogP contribution in [0.5, 0.6) is 0 Å². The predicted octanol–water partition coefficient (Wildman–Crippen LogP) is 3.89. The molecule has 2 aliphatic heterocycles. The normalized spacial score (nSPS) is 16.2. The van der Waals surface area contributed by atoms with E-state index in [4.69, 9.17) is 4.98 Å². The van der Waals surface area contributed by atoms with Gasteiger partial charge in [-0.25, -0.2) is 4.98 Å². The molecule has 4 rings (SSSR count). The molecule has 0 atom stereocenters. The van der Waals surface area contributed by atoms with Crippen LogP contribution >= 0.6 is 0 Å². The fourth-order valence-electron chi connectivity index (χ4n) is 3.37. The van der Waals surface area contributed by atoms with Crippen molar-refractivity contribution < 1.29 is 0 Å². The van der Waals surface area contributed by atoms with Crippen molar-refractivity contribution in [3.8, 4) is 11.3 Å². The average Bonchev–Trinajstić information content (AvgIpc) is 2.59. The van der Waals surface area contributed by atoms with Crippen LogP contribution in [0.4, 0.5) is 0 Å². The zero-order chi connectivity index (χ0) is 17.4. The molecule has 3 aliphatic rings. The van der Waals surface area contributed by atoms with E-state index in [0.717, 1.165) is 42.2 Å². The highest BCUT2D eigenvalue weighted by Gasteiger charge is 2.26.